The van der Waals surface area contributed by atoms with Crippen molar-refractivity contribution in [3.05, 3.63) is 35.1 Å². The first kappa shape index (κ1) is 17.0. The van der Waals surface area contributed by atoms with Crippen LogP contribution in [0.25, 0.3) is 0 Å². The number of nitrogens with one attached hydrogen (secondary N) is 2. The fourth-order valence-corrected chi connectivity index (χ4v) is 2.74. The predicted molar refractivity (Wildman–Crippen MR) is 83.6 cm³/mol. The largest absolute Gasteiger partial charge is 0.354 e. The quantitative estimate of drug-likeness (QED) is 0.635. The molecule has 1 aromatic carbocycles. The first-order valence-corrected chi connectivity index (χ1v) is 7.63. The fraction of sp³-hybridized carbons (Fsp3) is 0.467. The maximum absolute atomic E-state index is 13.4. The number of benzene rings is 1. The van der Waals surface area contributed by atoms with Crippen LogP contribution in [0.15, 0.2) is 18.2 Å². The molecule has 120 valence electrons. The molecule has 0 saturated heterocycles. The summed E-state index contributed by atoms with van der Waals surface area (Å²) < 4.78 is 12.4. The Morgan fingerprint density at radius 3 is 2.41 bits per heavy atom. The number of carbonyl (C=O) groups is 2. The maximum atomic E-state index is 13.4. The number of hydrogen-bond acceptors (Lipinski definition) is 2. The molecule has 4 nitrogen and oxygen atoms in total. The molecule has 0 heterocycles. The van der Waals surface area contributed by atoms with Gasteiger partial charge in [0.25, 0.3) is 5.91 Å². The molecule has 1 aliphatic rings. The van der Waals surface area contributed by atoms with E-state index in [4.69, 9.17) is 23.2 Å². The fourth-order valence-electron chi connectivity index (χ4n) is 2.03. The summed E-state index contributed by atoms with van der Waals surface area (Å²) in [5.41, 5.74) is -0.0588. The van der Waals surface area contributed by atoms with Crippen molar-refractivity contribution in [2.75, 3.05) is 13.1 Å². The molecular formula is C15H17Cl2FN2O2. The highest BCUT2D eigenvalue weighted by molar-refractivity contribution is 6.53. The van der Waals surface area contributed by atoms with Crippen LogP contribution in [0.4, 0.5) is 4.39 Å². The minimum Gasteiger partial charge on any atom is -0.354 e. The van der Waals surface area contributed by atoms with Gasteiger partial charge in [0.05, 0.1) is 5.41 Å². The SMILES string of the molecule is Cc1ccc(C(=O)NCCNC(=O)C2(C)CC2(Cl)Cl)cc1F. The number of rotatable bonds is 5. The number of aryl methyl sites for hydroxylation is 1. The van der Waals surface area contributed by atoms with Gasteiger partial charge in [-0.3, -0.25) is 9.59 Å². The van der Waals surface area contributed by atoms with Gasteiger partial charge in [-0.15, -0.1) is 23.2 Å². The van der Waals surface area contributed by atoms with Crippen molar-refractivity contribution in [3.8, 4) is 0 Å². The van der Waals surface area contributed by atoms with Crippen molar-refractivity contribution in [2.24, 2.45) is 5.41 Å². The van der Waals surface area contributed by atoms with Crippen LogP contribution in [-0.4, -0.2) is 29.2 Å². The number of hydrogen-bond donors (Lipinski definition) is 2. The summed E-state index contributed by atoms with van der Waals surface area (Å²) in [6.07, 6.45) is 0.407. The minimum absolute atomic E-state index is 0.230. The van der Waals surface area contributed by atoms with E-state index in [0.29, 0.717) is 12.0 Å². The van der Waals surface area contributed by atoms with Crippen molar-refractivity contribution in [3.63, 3.8) is 0 Å². The first-order valence-electron chi connectivity index (χ1n) is 6.88. The van der Waals surface area contributed by atoms with Crippen molar-refractivity contribution < 1.29 is 14.0 Å². The van der Waals surface area contributed by atoms with E-state index >= 15 is 0 Å². The molecule has 0 bridgehead atoms. The van der Waals surface area contributed by atoms with Gasteiger partial charge >= 0.3 is 0 Å². The molecule has 1 unspecified atom stereocenters. The highest BCUT2D eigenvalue weighted by atomic mass is 35.5. The van der Waals surface area contributed by atoms with Crippen molar-refractivity contribution >= 4 is 35.0 Å². The molecule has 1 aromatic rings. The smallest absolute Gasteiger partial charge is 0.251 e. The Balaban J connectivity index is 1.76. The second-order valence-corrected chi connectivity index (χ2v) is 7.17. The first-order chi connectivity index (χ1) is 10.2. The van der Waals surface area contributed by atoms with Gasteiger partial charge in [0.15, 0.2) is 0 Å². The zero-order valence-corrected chi connectivity index (χ0v) is 13.8. The van der Waals surface area contributed by atoms with E-state index in [0.717, 1.165) is 0 Å². The lowest BCUT2D eigenvalue weighted by molar-refractivity contribution is -0.125. The van der Waals surface area contributed by atoms with E-state index in [-0.39, 0.29) is 24.6 Å². The van der Waals surface area contributed by atoms with Crippen molar-refractivity contribution in [1.82, 2.24) is 10.6 Å². The Hall–Kier alpha value is -1.33. The lowest BCUT2D eigenvalue weighted by Gasteiger charge is -2.13. The summed E-state index contributed by atoms with van der Waals surface area (Å²) in [7, 11) is 0. The van der Waals surface area contributed by atoms with Gasteiger partial charge in [-0.25, -0.2) is 4.39 Å². The standard InChI is InChI=1S/C15H17Cl2FN2O2/c1-9-3-4-10(7-11(9)18)12(21)19-5-6-20-13(22)14(2)8-15(14,16)17/h3-4,7H,5-6,8H2,1-2H3,(H,19,21)(H,20,22). The molecular weight excluding hydrogens is 330 g/mol. The van der Waals surface area contributed by atoms with Crippen LogP contribution in [0.2, 0.25) is 0 Å². The number of carbonyl (C=O) groups excluding carboxylic acids is 2. The molecule has 0 spiro atoms. The van der Waals surface area contributed by atoms with Gasteiger partial charge < -0.3 is 10.6 Å². The van der Waals surface area contributed by atoms with Gasteiger partial charge in [0, 0.05) is 18.7 Å². The van der Waals surface area contributed by atoms with Gasteiger partial charge in [-0.1, -0.05) is 6.07 Å². The van der Waals surface area contributed by atoms with Gasteiger partial charge in [0.1, 0.15) is 10.2 Å². The molecule has 0 aromatic heterocycles. The second-order valence-electron chi connectivity index (χ2n) is 5.69. The lowest BCUT2D eigenvalue weighted by Crippen LogP contribution is -2.39. The van der Waals surface area contributed by atoms with E-state index in [1.165, 1.54) is 6.07 Å². The highest BCUT2D eigenvalue weighted by Gasteiger charge is 2.67. The number of halogens is 3. The second kappa shape index (κ2) is 6.05. The molecule has 2 N–H and O–H groups in total. The Labute approximate surface area is 138 Å². The van der Waals surface area contributed by atoms with Crippen molar-refractivity contribution in [1.29, 1.82) is 0 Å². The van der Waals surface area contributed by atoms with E-state index < -0.39 is 21.5 Å². The lowest BCUT2D eigenvalue weighted by atomic mass is 10.1. The molecule has 0 aliphatic heterocycles. The van der Waals surface area contributed by atoms with Crippen LogP contribution in [-0.2, 0) is 4.79 Å². The third-order valence-corrected chi connectivity index (χ3v) is 4.99. The summed E-state index contributed by atoms with van der Waals surface area (Å²) in [5, 5.41) is 5.28. The summed E-state index contributed by atoms with van der Waals surface area (Å²) in [4.78, 5) is 23.7. The zero-order valence-electron chi connectivity index (χ0n) is 12.3. The van der Waals surface area contributed by atoms with Crippen LogP contribution in [0, 0.1) is 18.2 Å². The summed E-state index contributed by atoms with van der Waals surface area (Å²) >= 11 is 11.8. The Kier molecular flexibility index (Phi) is 4.68. The minimum atomic E-state index is -1.01. The van der Waals surface area contributed by atoms with E-state index in [1.54, 1.807) is 26.0 Å². The highest BCUT2D eigenvalue weighted by Crippen LogP contribution is 2.63. The maximum Gasteiger partial charge on any atom is 0.251 e. The molecule has 2 rings (SSSR count). The average molecular weight is 347 g/mol. The van der Waals surface area contributed by atoms with Crippen molar-refractivity contribution in [2.45, 2.75) is 24.6 Å². The molecule has 0 radical (unpaired) electrons. The number of amides is 2. The zero-order chi connectivity index (χ0) is 16.5. The normalized spacial score (nSPS) is 22.0. The van der Waals surface area contributed by atoms with Gasteiger partial charge in [0.2, 0.25) is 5.91 Å². The van der Waals surface area contributed by atoms with E-state index in [2.05, 4.69) is 10.6 Å². The molecule has 7 heteroatoms. The monoisotopic (exact) mass is 346 g/mol. The van der Waals surface area contributed by atoms with Crippen LogP contribution >= 0.6 is 23.2 Å². The Morgan fingerprint density at radius 2 is 1.86 bits per heavy atom. The van der Waals surface area contributed by atoms with Crippen LogP contribution < -0.4 is 10.6 Å². The van der Waals surface area contributed by atoms with Crippen LogP contribution in [0.3, 0.4) is 0 Å². The third kappa shape index (κ3) is 3.36. The topological polar surface area (TPSA) is 58.2 Å². The van der Waals surface area contributed by atoms with Gasteiger partial charge in [-0.2, -0.15) is 0 Å². The molecule has 22 heavy (non-hydrogen) atoms. The number of alkyl halides is 2. The van der Waals surface area contributed by atoms with Gasteiger partial charge in [-0.05, 0) is 38.0 Å². The third-order valence-electron chi connectivity index (χ3n) is 3.89. The van der Waals surface area contributed by atoms with Crippen LogP contribution in [0.1, 0.15) is 29.3 Å². The molecule has 1 fully saturated rings. The molecule has 1 atom stereocenters. The Morgan fingerprint density at radius 1 is 1.27 bits per heavy atom. The molecule has 2 amide bonds. The van der Waals surface area contributed by atoms with E-state index in [9.17, 15) is 14.0 Å². The molecule has 1 aliphatic carbocycles. The Bertz CT molecular complexity index is 622. The van der Waals surface area contributed by atoms with E-state index in [1.807, 2.05) is 0 Å². The summed E-state index contributed by atoms with van der Waals surface area (Å²) in [5.74, 6) is -1.06. The summed E-state index contributed by atoms with van der Waals surface area (Å²) in [6.45, 7) is 3.79. The predicted octanol–water partition coefficient (Wildman–Crippen LogP) is 2.56. The average Bonchev–Trinajstić information content (AvgIpc) is 2.97. The molecule has 1 saturated carbocycles. The summed E-state index contributed by atoms with van der Waals surface area (Å²) in [6, 6.07) is 4.28. The van der Waals surface area contributed by atoms with Crippen LogP contribution in [0.5, 0.6) is 0 Å².